The van der Waals surface area contributed by atoms with E-state index >= 15 is 0 Å². The molecule has 6 heteroatoms. The summed E-state index contributed by atoms with van der Waals surface area (Å²) in [5.74, 6) is 0. The molecule has 0 saturated carbocycles. The Morgan fingerprint density at radius 2 is 1.85 bits per heavy atom. The van der Waals surface area contributed by atoms with Crippen LogP contribution in [0.15, 0.2) is 54.7 Å². The van der Waals surface area contributed by atoms with Gasteiger partial charge in [-0.15, -0.1) is 0 Å². The number of nitro benzene ring substituents is 1. The lowest BCUT2D eigenvalue weighted by atomic mass is 10.1. The predicted molar refractivity (Wildman–Crippen MR) is 102 cm³/mol. The van der Waals surface area contributed by atoms with E-state index in [0.29, 0.717) is 24.1 Å². The lowest BCUT2D eigenvalue weighted by Gasteiger charge is -2.11. The third kappa shape index (κ3) is 4.15. The van der Waals surface area contributed by atoms with Crippen molar-refractivity contribution in [2.24, 2.45) is 0 Å². The quantitative estimate of drug-likeness (QED) is 0.494. The highest BCUT2D eigenvalue weighted by atomic mass is 16.6. The molecule has 0 spiro atoms. The van der Waals surface area contributed by atoms with Gasteiger partial charge in [-0.25, -0.2) is 0 Å². The maximum atomic E-state index is 11.2. The van der Waals surface area contributed by atoms with Crippen molar-refractivity contribution in [2.45, 2.75) is 33.1 Å². The molecule has 3 rings (SSSR count). The average Bonchev–Trinajstić information content (AvgIpc) is 2.65. The average molecular weight is 351 g/mol. The first-order chi connectivity index (χ1) is 12.5. The molecular weight excluding hydrogens is 330 g/mol. The molecule has 1 heterocycles. The third-order valence-corrected chi connectivity index (χ3v) is 4.03. The second kappa shape index (κ2) is 7.93. The maximum Gasteiger partial charge on any atom is 0.278 e. The molecule has 0 aliphatic rings. The first-order valence-corrected chi connectivity index (χ1v) is 8.50. The van der Waals surface area contributed by atoms with Crippen molar-refractivity contribution in [3.63, 3.8) is 0 Å². The Morgan fingerprint density at radius 1 is 1.12 bits per heavy atom. The van der Waals surface area contributed by atoms with Gasteiger partial charge in [-0.1, -0.05) is 24.3 Å². The van der Waals surface area contributed by atoms with E-state index in [9.17, 15) is 10.1 Å². The van der Waals surface area contributed by atoms with E-state index in [1.165, 1.54) is 6.07 Å². The molecule has 26 heavy (non-hydrogen) atoms. The number of rotatable bonds is 7. The minimum absolute atomic E-state index is 0.0631. The molecule has 0 saturated heterocycles. The SMILES string of the molecule is CC(C)OCc1ccc(CNc2ccc([N+](=O)[O-])c3cccnc23)cc1. The van der Waals surface area contributed by atoms with E-state index in [4.69, 9.17) is 4.74 Å². The highest BCUT2D eigenvalue weighted by Gasteiger charge is 2.14. The van der Waals surface area contributed by atoms with Gasteiger partial charge in [0.15, 0.2) is 0 Å². The van der Waals surface area contributed by atoms with Crippen LogP contribution in [0.25, 0.3) is 10.9 Å². The molecule has 0 unspecified atom stereocenters. The fourth-order valence-corrected chi connectivity index (χ4v) is 2.67. The van der Waals surface area contributed by atoms with Crippen LogP contribution in [0.4, 0.5) is 11.4 Å². The molecule has 6 nitrogen and oxygen atoms in total. The number of aromatic nitrogens is 1. The third-order valence-electron chi connectivity index (χ3n) is 4.03. The van der Waals surface area contributed by atoms with Gasteiger partial charge in [-0.3, -0.25) is 15.1 Å². The van der Waals surface area contributed by atoms with Gasteiger partial charge in [-0.05, 0) is 43.2 Å². The second-order valence-corrected chi connectivity index (χ2v) is 6.32. The summed E-state index contributed by atoms with van der Waals surface area (Å²) >= 11 is 0. The molecule has 2 aromatic carbocycles. The summed E-state index contributed by atoms with van der Waals surface area (Å²) in [5, 5.41) is 15.0. The van der Waals surface area contributed by atoms with Crippen molar-refractivity contribution in [3.05, 3.63) is 76.0 Å². The van der Waals surface area contributed by atoms with Gasteiger partial charge in [0.05, 0.1) is 28.7 Å². The smallest absolute Gasteiger partial charge is 0.278 e. The zero-order chi connectivity index (χ0) is 18.5. The lowest BCUT2D eigenvalue weighted by Crippen LogP contribution is -2.03. The van der Waals surface area contributed by atoms with Crippen LogP contribution in [-0.2, 0) is 17.9 Å². The van der Waals surface area contributed by atoms with E-state index in [1.54, 1.807) is 24.4 Å². The minimum Gasteiger partial charge on any atom is -0.379 e. The van der Waals surface area contributed by atoms with Crippen molar-refractivity contribution in [3.8, 4) is 0 Å². The summed E-state index contributed by atoms with van der Waals surface area (Å²) in [7, 11) is 0. The minimum atomic E-state index is -0.383. The van der Waals surface area contributed by atoms with E-state index in [2.05, 4.69) is 10.3 Å². The standard InChI is InChI=1S/C20H21N3O3/c1-14(2)26-13-16-7-5-15(6-8-16)12-22-18-9-10-19(23(24)25)17-4-3-11-21-20(17)18/h3-11,14,22H,12-13H2,1-2H3. The topological polar surface area (TPSA) is 77.3 Å². The Kier molecular flexibility index (Phi) is 5.43. The number of non-ortho nitro benzene ring substituents is 1. The highest BCUT2D eigenvalue weighted by molar-refractivity contribution is 5.96. The summed E-state index contributed by atoms with van der Waals surface area (Å²) in [4.78, 5) is 15.1. The van der Waals surface area contributed by atoms with E-state index in [-0.39, 0.29) is 16.7 Å². The Bertz CT molecular complexity index is 908. The van der Waals surface area contributed by atoms with Gasteiger partial charge in [0.1, 0.15) is 5.52 Å². The van der Waals surface area contributed by atoms with E-state index < -0.39 is 0 Å². The predicted octanol–water partition coefficient (Wildman–Crippen LogP) is 4.68. The number of nitro groups is 1. The van der Waals surface area contributed by atoms with Crippen LogP contribution in [0.1, 0.15) is 25.0 Å². The molecule has 0 radical (unpaired) electrons. The number of pyridine rings is 1. The van der Waals surface area contributed by atoms with Crippen LogP contribution in [-0.4, -0.2) is 16.0 Å². The van der Waals surface area contributed by atoms with Gasteiger partial charge < -0.3 is 10.1 Å². The Morgan fingerprint density at radius 3 is 2.54 bits per heavy atom. The number of anilines is 1. The van der Waals surface area contributed by atoms with Crippen molar-refractivity contribution in [1.82, 2.24) is 4.98 Å². The first kappa shape index (κ1) is 17.8. The fraction of sp³-hybridized carbons (Fsp3) is 0.250. The molecule has 3 aromatic rings. The van der Waals surface area contributed by atoms with Crippen molar-refractivity contribution >= 4 is 22.3 Å². The largest absolute Gasteiger partial charge is 0.379 e. The van der Waals surface area contributed by atoms with Crippen molar-refractivity contribution in [2.75, 3.05) is 5.32 Å². The summed E-state index contributed by atoms with van der Waals surface area (Å²) in [6.07, 6.45) is 1.85. The van der Waals surface area contributed by atoms with Crippen molar-refractivity contribution in [1.29, 1.82) is 0 Å². The molecule has 1 aromatic heterocycles. The number of benzene rings is 2. The zero-order valence-electron chi connectivity index (χ0n) is 14.8. The van der Waals surface area contributed by atoms with Crippen LogP contribution in [0, 0.1) is 10.1 Å². The Labute approximate surface area is 152 Å². The van der Waals surface area contributed by atoms with E-state index in [1.807, 2.05) is 38.1 Å². The number of hydrogen-bond acceptors (Lipinski definition) is 5. The monoisotopic (exact) mass is 351 g/mol. The number of hydrogen-bond donors (Lipinski definition) is 1. The summed E-state index contributed by atoms with van der Waals surface area (Å²) in [6, 6.07) is 14.8. The number of nitrogens with one attached hydrogen (secondary N) is 1. The molecule has 1 N–H and O–H groups in total. The van der Waals surface area contributed by atoms with Crippen molar-refractivity contribution < 1.29 is 9.66 Å². The Balaban J connectivity index is 1.74. The van der Waals surface area contributed by atoms with Crippen LogP contribution in [0.3, 0.4) is 0 Å². The molecule has 0 amide bonds. The van der Waals surface area contributed by atoms with Gasteiger partial charge in [0, 0.05) is 18.8 Å². The molecule has 0 bridgehead atoms. The molecular formula is C20H21N3O3. The van der Waals surface area contributed by atoms with Gasteiger partial charge in [0.25, 0.3) is 5.69 Å². The first-order valence-electron chi connectivity index (χ1n) is 8.50. The van der Waals surface area contributed by atoms with Gasteiger partial charge in [-0.2, -0.15) is 0 Å². The van der Waals surface area contributed by atoms with Crippen LogP contribution < -0.4 is 5.32 Å². The van der Waals surface area contributed by atoms with Crippen LogP contribution in [0.2, 0.25) is 0 Å². The summed E-state index contributed by atoms with van der Waals surface area (Å²) in [5.41, 5.74) is 3.68. The lowest BCUT2D eigenvalue weighted by molar-refractivity contribution is -0.383. The zero-order valence-corrected chi connectivity index (χ0v) is 14.8. The van der Waals surface area contributed by atoms with Crippen LogP contribution in [0.5, 0.6) is 0 Å². The molecule has 0 aliphatic heterocycles. The summed E-state index contributed by atoms with van der Waals surface area (Å²) in [6.45, 7) is 5.23. The summed E-state index contributed by atoms with van der Waals surface area (Å²) < 4.78 is 5.60. The molecule has 134 valence electrons. The fourth-order valence-electron chi connectivity index (χ4n) is 2.67. The number of ether oxygens (including phenoxy) is 1. The van der Waals surface area contributed by atoms with Gasteiger partial charge >= 0.3 is 0 Å². The highest BCUT2D eigenvalue weighted by Crippen LogP contribution is 2.29. The normalized spacial score (nSPS) is 11.0. The molecule has 0 aliphatic carbocycles. The molecule has 0 atom stereocenters. The van der Waals surface area contributed by atoms with E-state index in [0.717, 1.165) is 16.8 Å². The maximum absolute atomic E-state index is 11.2. The number of fused-ring (bicyclic) bond motifs is 1. The Hall–Kier alpha value is -2.99. The van der Waals surface area contributed by atoms with Crippen LogP contribution >= 0.6 is 0 Å². The van der Waals surface area contributed by atoms with Gasteiger partial charge in [0.2, 0.25) is 0 Å². The second-order valence-electron chi connectivity index (χ2n) is 6.32. The molecule has 0 fully saturated rings. The number of nitrogens with zero attached hydrogens (tertiary/aromatic N) is 2.